The van der Waals surface area contributed by atoms with Gasteiger partial charge in [-0.05, 0) is 56.0 Å². The van der Waals surface area contributed by atoms with E-state index in [1.807, 2.05) is 32.9 Å². The Labute approximate surface area is 160 Å². The highest BCUT2D eigenvalue weighted by Gasteiger charge is 2.56. The molecule has 1 saturated carbocycles. The molecule has 1 heterocycles. The van der Waals surface area contributed by atoms with Crippen LogP contribution in [0.5, 0.6) is 0 Å². The molecule has 1 aliphatic heterocycles. The van der Waals surface area contributed by atoms with Gasteiger partial charge in [0.15, 0.2) is 0 Å². The number of nitrogens with zero attached hydrogens (tertiary/aromatic N) is 1. The van der Waals surface area contributed by atoms with E-state index in [2.05, 4.69) is 0 Å². The molecular formula is C21H25NO4S. The van der Waals surface area contributed by atoms with Crippen LogP contribution in [0.1, 0.15) is 34.6 Å². The lowest BCUT2D eigenvalue weighted by atomic mass is 9.92. The summed E-state index contributed by atoms with van der Waals surface area (Å²) in [6.45, 7) is 5.86. The number of aliphatic hydroxyl groups is 1. The standard InChI is InChI=1S/C21H25NO4S/c1-12-5-9-15(10-6-12)27(24,25)22-19-14(3)8-7-13(2)18(19)16-11-17(26-4)21(23)20(16)22/h5-10,16-17,20-21,23H,11H2,1-4H3/t16-,17+,20+,21-/m0/s1. The van der Waals surface area contributed by atoms with Gasteiger partial charge in [-0.25, -0.2) is 8.42 Å². The molecule has 0 radical (unpaired) electrons. The first-order valence-corrected chi connectivity index (χ1v) is 10.6. The summed E-state index contributed by atoms with van der Waals surface area (Å²) in [5.41, 5.74) is 4.70. The van der Waals surface area contributed by atoms with Crippen LogP contribution >= 0.6 is 0 Å². The highest BCUT2D eigenvalue weighted by Crippen LogP contribution is 2.54. The number of ether oxygens (including phenoxy) is 1. The molecule has 144 valence electrons. The van der Waals surface area contributed by atoms with Gasteiger partial charge in [0.25, 0.3) is 10.0 Å². The zero-order valence-electron chi connectivity index (χ0n) is 16.0. The molecule has 1 fully saturated rings. The van der Waals surface area contributed by atoms with Crippen molar-refractivity contribution in [1.82, 2.24) is 0 Å². The van der Waals surface area contributed by atoms with Crippen LogP contribution in [0.4, 0.5) is 5.69 Å². The van der Waals surface area contributed by atoms with E-state index >= 15 is 0 Å². The molecule has 0 saturated heterocycles. The fraction of sp³-hybridized carbons (Fsp3) is 0.429. The minimum Gasteiger partial charge on any atom is -0.388 e. The number of methoxy groups -OCH3 is 1. The number of fused-ring (bicyclic) bond motifs is 3. The monoisotopic (exact) mass is 387 g/mol. The van der Waals surface area contributed by atoms with E-state index in [4.69, 9.17) is 4.74 Å². The topological polar surface area (TPSA) is 66.8 Å². The summed E-state index contributed by atoms with van der Waals surface area (Å²) in [5.74, 6) is -0.0694. The second-order valence-corrected chi connectivity index (χ2v) is 9.49. The number of aryl methyl sites for hydroxylation is 3. The largest absolute Gasteiger partial charge is 0.388 e. The van der Waals surface area contributed by atoms with Gasteiger partial charge in [-0.15, -0.1) is 0 Å². The van der Waals surface area contributed by atoms with E-state index in [1.54, 1.807) is 31.4 Å². The Morgan fingerprint density at radius 2 is 1.67 bits per heavy atom. The third kappa shape index (κ3) is 2.62. The summed E-state index contributed by atoms with van der Waals surface area (Å²) < 4.78 is 34.2. The zero-order valence-corrected chi connectivity index (χ0v) is 16.8. The van der Waals surface area contributed by atoms with Crippen molar-refractivity contribution in [3.05, 3.63) is 58.7 Å². The molecule has 4 atom stereocenters. The van der Waals surface area contributed by atoms with Gasteiger partial charge < -0.3 is 9.84 Å². The van der Waals surface area contributed by atoms with Gasteiger partial charge in [0, 0.05) is 13.0 Å². The number of hydrogen-bond donors (Lipinski definition) is 1. The summed E-state index contributed by atoms with van der Waals surface area (Å²) in [4.78, 5) is 0.244. The maximum Gasteiger partial charge on any atom is 0.264 e. The van der Waals surface area contributed by atoms with Gasteiger partial charge in [-0.2, -0.15) is 0 Å². The molecule has 0 amide bonds. The number of aliphatic hydroxyl groups excluding tert-OH is 1. The molecule has 6 heteroatoms. The van der Waals surface area contributed by atoms with Crippen molar-refractivity contribution in [2.75, 3.05) is 11.4 Å². The first-order chi connectivity index (χ1) is 12.8. The van der Waals surface area contributed by atoms with Crippen LogP contribution in [0.25, 0.3) is 0 Å². The summed E-state index contributed by atoms with van der Waals surface area (Å²) >= 11 is 0. The Bertz CT molecular complexity index is 984. The van der Waals surface area contributed by atoms with Crippen molar-refractivity contribution < 1.29 is 18.3 Å². The van der Waals surface area contributed by atoms with Gasteiger partial charge in [0.05, 0.1) is 22.7 Å². The lowest BCUT2D eigenvalue weighted by Gasteiger charge is -2.30. The van der Waals surface area contributed by atoms with E-state index in [-0.39, 0.29) is 16.9 Å². The van der Waals surface area contributed by atoms with E-state index in [9.17, 15) is 13.5 Å². The van der Waals surface area contributed by atoms with Crippen molar-refractivity contribution in [2.24, 2.45) is 0 Å². The van der Waals surface area contributed by atoms with E-state index in [1.165, 1.54) is 4.31 Å². The fourth-order valence-corrected chi connectivity index (χ4v) is 6.43. The minimum absolute atomic E-state index is 0.0694. The zero-order chi connectivity index (χ0) is 19.5. The predicted molar refractivity (Wildman–Crippen MR) is 105 cm³/mol. The first-order valence-electron chi connectivity index (χ1n) is 9.19. The van der Waals surface area contributed by atoms with Crippen molar-refractivity contribution >= 4 is 15.7 Å². The Balaban J connectivity index is 1.94. The molecule has 0 aromatic heterocycles. The highest BCUT2D eigenvalue weighted by molar-refractivity contribution is 7.93. The first kappa shape index (κ1) is 18.5. The maximum absolute atomic E-state index is 13.6. The van der Waals surface area contributed by atoms with Crippen molar-refractivity contribution in [3.63, 3.8) is 0 Å². The molecule has 0 unspecified atom stereocenters. The highest BCUT2D eigenvalue weighted by atomic mass is 32.2. The van der Waals surface area contributed by atoms with Gasteiger partial charge in [0.2, 0.25) is 0 Å². The second-order valence-electron chi connectivity index (χ2n) is 7.67. The van der Waals surface area contributed by atoms with Crippen molar-refractivity contribution in [1.29, 1.82) is 0 Å². The smallest absolute Gasteiger partial charge is 0.264 e. The molecule has 2 aliphatic rings. The Hall–Kier alpha value is -1.89. The number of rotatable bonds is 3. The third-order valence-corrected chi connectivity index (χ3v) is 7.82. The average Bonchev–Trinajstić information content (AvgIpc) is 3.14. The molecule has 2 aromatic rings. The minimum atomic E-state index is -3.81. The maximum atomic E-state index is 13.6. The summed E-state index contributed by atoms with van der Waals surface area (Å²) in [6, 6.07) is 10.3. The number of anilines is 1. The Morgan fingerprint density at radius 3 is 2.30 bits per heavy atom. The summed E-state index contributed by atoms with van der Waals surface area (Å²) in [6.07, 6.45) is -0.630. The van der Waals surface area contributed by atoms with Crippen LogP contribution in [-0.4, -0.2) is 38.9 Å². The molecule has 5 nitrogen and oxygen atoms in total. The number of hydrogen-bond acceptors (Lipinski definition) is 4. The fourth-order valence-electron chi connectivity index (χ4n) is 4.65. The van der Waals surface area contributed by atoms with Crippen LogP contribution in [-0.2, 0) is 14.8 Å². The van der Waals surface area contributed by atoms with Gasteiger partial charge in [-0.3, -0.25) is 4.31 Å². The van der Waals surface area contributed by atoms with Gasteiger partial charge in [-0.1, -0.05) is 29.8 Å². The molecule has 27 heavy (non-hydrogen) atoms. The van der Waals surface area contributed by atoms with Gasteiger partial charge in [0.1, 0.15) is 6.10 Å². The molecule has 4 rings (SSSR count). The Kier molecular flexibility index (Phi) is 4.33. The molecule has 0 bridgehead atoms. The van der Waals surface area contributed by atoms with Crippen molar-refractivity contribution in [2.45, 2.75) is 56.3 Å². The molecule has 1 aliphatic carbocycles. The van der Waals surface area contributed by atoms with Crippen LogP contribution in [0.15, 0.2) is 41.3 Å². The second kappa shape index (κ2) is 6.33. The SMILES string of the molecule is CO[C@@H]1C[C@H]2c3c(C)ccc(C)c3N(S(=O)(=O)c3ccc(C)cc3)[C@H]2[C@H]1O. The van der Waals surface area contributed by atoms with Crippen LogP contribution in [0.2, 0.25) is 0 Å². The summed E-state index contributed by atoms with van der Waals surface area (Å²) in [5, 5.41) is 10.9. The number of sulfonamides is 1. The Morgan fingerprint density at radius 1 is 1.04 bits per heavy atom. The average molecular weight is 388 g/mol. The normalized spacial score (nSPS) is 26.9. The van der Waals surface area contributed by atoms with E-state index in [0.717, 1.165) is 27.9 Å². The van der Waals surface area contributed by atoms with Crippen LogP contribution in [0.3, 0.4) is 0 Å². The summed E-state index contributed by atoms with van der Waals surface area (Å²) in [7, 11) is -2.24. The third-order valence-electron chi connectivity index (χ3n) is 6.01. The van der Waals surface area contributed by atoms with E-state index < -0.39 is 22.2 Å². The predicted octanol–water partition coefficient (Wildman–Crippen LogP) is 3.05. The van der Waals surface area contributed by atoms with E-state index in [0.29, 0.717) is 6.42 Å². The molecule has 0 spiro atoms. The quantitative estimate of drug-likeness (QED) is 0.879. The lowest BCUT2D eigenvalue weighted by Crippen LogP contribution is -2.46. The van der Waals surface area contributed by atoms with Crippen LogP contribution in [0, 0.1) is 20.8 Å². The van der Waals surface area contributed by atoms with Gasteiger partial charge >= 0.3 is 0 Å². The number of benzene rings is 2. The van der Waals surface area contributed by atoms with Crippen molar-refractivity contribution in [3.8, 4) is 0 Å². The lowest BCUT2D eigenvalue weighted by molar-refractivity contribution is 0.00485. The molecule has 2 aromatic carbocycles. The van der Waals surface area contributed by atoms with Crippen LogP contribution < -0.4 is 4.31 Å². The molecule has 1 N–H and O–H groups in total. The molecular weight excluding hydrogens is 362 g/mol.